The van der Waals surface area contributed by atoms with Gasteiger partial charge in [-0.25, -0.2) is 0 Å². The van der Waals surface area contributed by atoms with E-state index in [1.807, 2.05) is 7.05 Å². The summed E-state index contributed by atoms with van der Waals surface area (Å²) in [4.78, 5) is 13.8. The van der Waals surface area contributed by atoms with Gasteiger partial charge in [0.25, 0.3) is 0 Å². The van der Waals surface area contributed by atoms with Crippen molar-refractivity contribution in [3.8, 4) is 0 Å². The highest BCUT2D eigenvalue weighted by molar-refractivity contribution is 5.78. The summed E-state index contributed by atoms with van der Waals surface area (Å²) < 4.78 is 0. The number of carbonyl (C=O) groups is 1. The highest BCUT2D eigenvalue weighted by Gasteiger charge is 2.24. The molecule has 1 heterocycles. The van der Waals surface area contributed by atoms with Gasteiger partial charge in [-0.3, -0.25) is 9.69 Å². The van der Waals surface area contributed by atoms with Crippen LogP contribution >= 0.6 is 0 Å². The first-order chi connectivity index (χ1) is 7.28. The first-order valence-electron chi connectivity index (χ1n) is 5.94. The molecule has 4 nitrogen and oxygen atoms in total. The van der Waals surface area contributed by atoms with Gasteiger partial charge in [-0.1, -0.05) is 0 Å². The Morgan fingerprint density at radius 3 is 2.80 bits per heavy atom. The van der Waals surface area contributed by atoms with Crippen molar-refractivity contribution in [2.24, 2.45) is 5.92 Å². The molecule has 4 heteroatoms. The molecule has 0 aromatic rings. The van der Waals surface area contributed by atoms with E-state index < -0.39 is 0 Å². The van der Waals surface area contributed by atoms with Gasteiger partial charge in [-0.05, 0) is 32.2 Å². The number of amides is 1. The Hall–Kier alpha value is -0.610. The predicted molar refractivity (Wildman–Crippen MR) is 59.6 cm³/mol. The molecule has 2 N–H and O–H groups in total. The van der Waals surface area contributed by atoms with Gasteiger partial charge in [0, 0.05) is 25.7 Å². The Kier molecular flexibility index (Phi) is 3.59. The number of rotatable bonds is 5. The van der Waals surface area contributed by atoms with Gasteiger partial charge in [0.05, 0.1) is 6.54 Å². The Labute approximate surface area is 91.4 Å². The van der Waals surface area contributed by atoms with E-state index in [2.05, 4.69) is 15.5 Å². The molecular formula is C11H21N3O. The summed E-state index contributed by atoms with van der Waals surface area (Å²) in [6, 6.07) is 0.571. The molecule has 0 spiro atoms. The molecular weight excluding hydrogens is 190 g/mol. The molecule has 1 aliphatic heterocycles. The van der Waals surface area contributed by atoms with E-state index in [-0.39, 0.29) is 5.91 Å². The molecule has 86 valence electrons. The van der Waals surface area contributed by atoms with Crippen molar-refractivity contribution in [1.29, 1.82) is 0 Å². The summed E-state index contributed by atoms with van der Waals surface area (Å²) in [6.45, 7) is 3.52. The van der Waals surface area contributed by atoms with Crippen molar-refractivity contribution in [1.82, 2.24) is 15.5 Å². The maximum absolute atomic E-state index is 11.6. The second-order valence-corrected chi connectivity index (χ2v) is 4.76. The Balaban J connectivity index is 1.61. The molecule has 1 aliphatic carbocycles. The standard InChI is InChI=1S/C11H21N3O/c1-12-10-4-5-14(7-10)8-11(15)13-6-9-2-3-9/h9-10,12H,2-8H2,1H3,(H,13,15). The fourth-order valence-electron chi connectivity index (χ4n) is 2.05. The second kappa shape index (κ2) is 4.94. The highest BCUT2D eigenvalue weighted by Crippen LogP contribution is 2.27. The minimum atomic E-state index is 0.193. The minimum Gasteiger partial charge on any atom is -0.355 e. The largest absolute Gasteiger partial charge is 0.355 e. The lowest BCUT2D eigenvalue weighted by Gasteiger charge is -2.15. The normalized spacial score (nSPS) is 26.9. The molecule has 1 atom stereocenters. The van der Waals surface area contributed by atoms with Crippen LogP contribution in [0.5, 0.6) is 0 Å². The zero-order valence-electron chi connectivity index (χ0n) is 9.46. The van der Waals surface area contributed by atoms with Gasteiger partial charge in [-0.2, -0.15) is 0 Å². The quantitative estimate of drug-likeness (QED) is 0.662. The number of nitrogens with zero attached hydrogens (tertiary/aromatic N) is 1. The van der Waals surface area contributed by atoms with Crippen LogP contribution in [0.3, 0.4) is 0 Å². The number of likely N-dealkylation sites (N-methyl/N-ethyl adjacent to an activating group) is 1. The maximum Gasteiger partial charge on any atom is 0.234 e. The van der Waals surface area contributed by atoms with Crippen LogP contribution in [0.4, 0.5) is 0 Å². The number of carbonyl (C=O) groups excluding carboxylic acids is 1. The molecule has 0 aromatic heterocycles. The third kappa shape index (κ3) is 3.47. The molecule has 2 aliphatic rings. The summed E-state index contributed by atoms with van der Waals surface area (Å²) in [5.74, 6) is 0.969. The summed E-state index contributed by atoms with van der Waals surface area (Å²) in [7, 11) is 1.99. The lowest BCUT2D eigenvalue weighted by molar-refractivity contribution is -0.122. The number of hydrogen-bond acceptors (Lipinski definition) is 3. The summed E-state index contributed by atoms with van der Waals surface area (Å²) in [6.07, 6.45) is 3.75. The van der Waals surface area contributed by atoms with E-state index in [0.29, 0.717) is 12.6 Å². The SMILES string of the molecule is CNC1CCN(CC(=O)NCC2CC2)C1. The van der Waals surface area contributed by atoms with E-state index in [1.165, 1.54) is 12.8 Å². The van der Waals surface area contributed by atoms with Gasteiger partial charge in [0.1, 0.15) is 0 Å². The van der Waals surface area contributed by atoms with Crippen LogP contribution in [0.1, 0.15) is 19.3 Å². The highest BCUT2D eigenvalue weighted by atomic mass is 16.2. The van der Waals surface area contributed by atoms with Crippen LogP contribution in [0, 0.1) is 5.92 Å². The van der Waals surface area contributed by atoms with Crippen molar-refractivity contribution in [3.63, 3.8) is 0 Å². The van der Waals surface area contributed by atoms with Crippen LogP contribution < -0.4 is 10.6 Å². The molecule has 0 aromatic carbocycles. The van der Waals surface area contributed by atoms with Crippen LogP contribution in [0.25, 0.3) is 0 Å². The molecule has 1 amide bonds. The number of nitrogens with one attached hydrogen (secondary N) is 2. The lowest BCUT2D eigenvalue weighted by Crippen LogP contribution is -2.38. The molecule has 1 saturated heterocycles. The number of likely N-dealkylation sites (tertiary alicyclic amines) is 1. The maximum atomic E-state index is 11.6. The molecule has 2 rings (SSSR count). The topological polar surface area (TPSA) is 44.4 Å². The van der Waals surface area contributed by atoms with Gasteiger partial charge in [-0.15, -0.1) is 0 Å². The van der Waals surface area contributed by atoms with E-state index >= 15 is 0 Å². The smallest absolute Gasteiger partial charge is 0.234 e. The first-order valence-corrected chi connectivity index (χ1v) is 5.94. The Bertz CT molecular complexity index is 228. The lowest BCUT2D eigenvalue weighted by atomic mass is 10.3. The van der Waals surface area contributed by atoms with Crippen molar-refractivity contribution >= 4 is 5.91 Å². The fourth-order valence-corrected chi connectivity index (χ4v) is 2.05. The summed E-state index contributed by atoms with van der Waals surface area (Å²) in [5.41, 5.74) is 0. The van der Waals surface area contributed by atoms with Gasteiger partial charge in [0.2, 0.25) is 5.91 Å². The molecule has 15 heavy (non-hydrogen) atoms. The van der Waals surface area contributed by atoms with Gasteiger partial charge >= 0.3 is 0 Å². The summed E-state index contributed by atoms with van der Waals surface area (Å²) >= 11 is 0. The second-order valence-electron chi connectivity index (χ2n) is 4.76. The molecule has 1 unspecified atom stereocenters. The van der Waals surface area contributed by atoms with Crippen LogP contribution in [-0.4, -0.2) is 50.1 Å². The zero-order valence-corrected chi connectivity index (χ0v) is 9.46. The fraction of sp³-hybridized carbons (Fsp3) is 0.909. The van der Waals surface area contributed by atoms with Crippen molar-refractivity contribution < 1.29 is 4.79 Å². The molecule has 2 fully saturated rings. The van der Waals surface area contributed by atoms with Crippen LogP contribution in [-0.2, 0) is 4.79 Å². The van der Waals surface area contributed by atoms with E-state index in [1.54, 1.807) is 0 Å². The average molecular weight is 211 g/mol. The Morgan fingerprint density at radius 2 is 2.20 bits per heavy atom. The predicted octanol–water partition coefficient (Wildman–Crippen LogP) is -0.194. The minimum absolute atomic E-state index is 0.193. The monoisotopic (exact) mass is 211 g/mol. The van der Waals surface area contributed by atoms with E-state index in [4.69, 9.17) is 0 Å². The van der Waals surface area contributed by atoms with Crippen molar-refractivity contribution in [2.45, 2.75) is 25.3 Å². The van der Waals surface area contributed by atoms with Gasteiger partial charge in [0.15, 0.2) is 0 Å². The van der Waals surface area contributed by atoms with Gasteiger partial charge < -0.3 is 10.6 Å². The Morgan fingerprint density at radius 1 is 1.40 bits per heavy atom. The first kappa shape index (κ1) is 10.9. The molecule has 0 radical (unpaired) electrons. The third-order valence-corrected chi connectivity index (χ3v) is 3.33. The van der Waals surface area contributed by atoms with E-state index in [0.717, 1.165) is 32.0 Å². The molecule has 0 bridgehead atoms. The number of hydrogen-bond donors (Lipinski definition) is 2. The molecule has 1 saturated carbocycles. The average Bonchev–Trinajstić information content (AvgIpc) is 2.96. The van der Waals surface area contributed by atoms with E-state index in [9.17, 15) is 4.79 Å². The third-order valence-electron chi connectivity index (χ3n) is 3.33. The van der Waals surface area contributed by atoms with Crippen LogP contribution in [0.15, 0.2) is 0 Å². The summed E-state index contributed by atoms with van der Waals surface area (Å²) in [5, 5.41) is 6.26. The van der Waals surface area contributed by atoms with Crippen LogP contribution in [0.2, 0.25) is 0 Å². The van der Waals surface area contributed by atoms with Crippen molar-refractivity contribution in [2.75, 3.05) is 33.2 Å². The zero-order chi connectivity index (χ0) is 10.7. The van der Waals surface area contributed by atoms with Crippen molar-refractivity contribution in [3.05, 3.63) is 0 Å².